The summed E-state index contributed by atoms with van der Waals surface area (Å²) in [7, 11) is -3.70. The van der Waals surface area contributed by atoms with Crippen LogP contribution in [0.2, 0.25) is 0 Å². The summed E-state index contributed by atoms with van der Waals surface area (Å²) in [6.07, 6.45) is 0. The Morgan fingerprint density at radius 1 is 1.17 bits per heavy atom. The average molecular weight is 434 g/mol. The number of nitrogens with zero attached hydrogens (tertiary/aromatic N) is 2. The zero-order valence-electron chi connectivity index (χ0n) is 15.8. The predicted molar refractivity (Wildman–Crippen MR) is 107 cm³/mol. The van der Waals surface area contributed by atoms with Gasteiger partial charge in [-0.1, -0.05) is 17.7 Å². The van der Waals surface area contributed by atoms with Crippen molar-refractivity contribution < 1.29 is 22.6 Å². The predicted octanol–water partition coefficient (Wildman–Crippen LogP) is 0.906. The molecule has 30 heavy (non-hydrogen) atoms. The third-order valence-corrected chi connectivity index (χ3v) is 5.71. The van der Waals surface area contributed by atoms with Crippen LogP contribution in [0, 0.1) is 17.0 Å². The highest BCUT2D eigenvalue weighted by Crippen LogP contribution is 2.19. The monoisotopic (exact) mass is 434 g/mol. The van der Waals surface area contributed by atoms with E-state index in [1.54, 1.807) is 12.1 Å². The molecule has 0 bridgehead atoms. The summed E-state index contributed by atoms with van der Waals surface area (Å²) in [5, 5.41) is 13.3. The lowest BCUT2D eigenvalue weighted by Crippen LogP contribution is -2.37. The topological polar surface area (TPSA) is 154 Å². The van der Waals surface area contributed by atoms with E-state index >= 15 is 0 Å². The maximum absolute atomic E-state index is 12.2. The van der Waals surface area contributed by atoms with E-state index in [-0.39, 0.29) is 41.3 Å². The summed E-state index contributed by atoms with van der Waals surface area (Å²) in [4.78, 5) is 34.4. The van der Waals surface area contributed by atoms with Crippen molar-refractivity contribution in [2.24, 2.45) is 0 Å². The third kappa shape index (κ3) is 4.72. The molecule has 0 aliphatic rings. The molecule has 3 rings (SSSR count). The van der Waals surface area contributed by atoms with E-state index in [0.29, 0.717) is 0 Å². The van der Waals surface area contributed by atoms with Crippen LogP contribution in [0.25, 0.3) is 11.1 Å². The van der Waals surface area contributed by atoms with Crippen molar-refractivity contribution in [3.8, 4) is 0 Å². The highest BCUT2D eigenvalue weighted by Gasteiger charge is 2.17. The number of nitro groups is 1. The molecular weight excluding hydrogens is 416 g/mol. The van der Waals surface area contributed by atoms with Crippen LogP contribution in [0.5, 0.6) is 0 Å². The fourth-order valence-electron chi connectivity index (χ4n) is 2.71. The van der Waals surface area contributed by atoms with Crippen LogP contribution in [0.15, 0.2) is 56.6 Å². The molecule has 0 aliphatic heterocycles. The van der Waals surface area contributed by atoms with Gasteiger partial charge in [0, 0.05) is 19.2 Å². The Morgan fingerprint density at radius 2 is 1.87 bits per heavy atom. The van der Waals surface area contributed by atoms with Gasteiger partial charge in [-0.05, 0) is 25.1 Å². The molecule has 1 aromatic heterocycles. The van der Waals surface area contributed by atoms with Gasteiger partial charge >= 0.3 is 5.76 Å². The second-order valence-corrected chi connectivity index (χ2v) is 8.19. The lowest BCUT2D eigenvalue weighted by molar-refractivity contribution is -0.384. The number of non-ortho nitro benzene ring substituents is 1. The zero-order valence-corrected chi connectivity index (χ0v) is 16.6. The molecule has 0 aliphatic carbocycles. The Hall–Kier alpha value is -3.51. The number of fused-ring (bicyclic) bond motifs is 1. The first kappa shape index (κ1) is 21.2. The number of hydrogen-bond acceptors (Lipinski definition) is 7. The maximum atomic E-state index is 12.2. The van der Waals surface area contributed by atoms with Crippen molar-refractivity contribution >= 4 is 32.7 Å². The Balaban J connectivity index is 1.57. The number of aryl methyl sites for hydroxylation is 1. The number of oxazole rings is 1. The van der Waals surface area contributed by atoms with E-state index in [2.05, 4.69) is 10.0 Å². The number of nitrogens with one attached hydrogen (secondary N) is 2. The second kappa shape index (κ2) is 8.47. The lowest BCUT2D eigenvalue weighted by atomic mass is 10.2. The van der Waals surface area contributed by atoms with Crippen LogP contribution in [-0.2, 0) is 21.4 Å². The lowest BCUT2D eigenvalue weighted by Gasteiger charge is -2.08. The van der Waals surface area contributed by atoms with Crippen molar-refractivity contribution in [3.05, 3.63) is 68.7 Å². The molecule has 11 nitrogen and oxygen atoms in total. The molecule has 1 amide bonds. The molecule has 1 heterocycles. The van der Waals surface area contributed by atoms with Gasteiger partial charge in [-0.2, -0.15) is 0 Å². The van der Waals surface area contributed by atoms with Gasteiger partial charge in [-0.15, -0.1) is 0 Å². The fraction of sp³-hybridized carbons (Fsp3) is 0.222. The van der Waals surface area contributed by atoms with Gasteiger partial charge in [0.1, 0.15) is 6.54 Å². The van der Waals surface area contributed by atoms with E-state index in [0.717, 1.165) is 16.2 Å². The molecular formula is C18H18N4O7S. The number of rotatable bonds is 8. The molecule has 12 heteroatoms. The Kier molecular flexibility index (Phi) is 5.99. The molecule has 0 atom stereocenters. The first-order valence-electron chi connectivity index (χ1n) is 8.78. The Labute approximate surface area is 170 Å². The number of benzene rings is 2. The van der Waals surface area contributed by atoms with Gasteiger partial charge in [-0.3, -0.25) is 19.5 Å². The molecule has 2 aromatic carbocycles. The van der Waals surface area contributed by atoms with Gasteiger partial charge < -0.3 is 9.73 Å². The minimum Gasteiger partial charge on any atom is -0.407 e. The number of nitro benzene ring substituents is 1. The molecule has 3 aromatic rings. The summed E-state index contributed by atoms with van der Waals surface area (Å²) >= 11 is 0. The molecule has 0 fully saturated rings. The second-order valence-electron chi connectivity index (χ2n) is 6.42. The summed E-state index contributed by atoms with van der Waals surface area (Å²) in [6, 6.07) is 9.95. The van der Waals surface area contributed by atoms with Crippen LogP contribution >= 0.6 is 0 Å². The standard InChI is InChI=1S/C18H18N4O7S/c1-12-2-5-14(6-3-12)30(27,28)20-9-8-19-17(23)11-21-15-7-4-13(22(25)26)10-16(15)29-18(21)24/h2-7,10,20H,8-9,11H2,1H3,(H,19,23). The summed E-state index contributed by atoms with van der Waals surface area (Å²) in [5.41, 5.74) is 0.917. The highest BCUT2D eigenvalue weighted by molar-refractivity contribution is 7.89. The van der Waals surface area contributed by atoms with Gasteiger partial charge in [0.05, 0.1) is 21.4 Å². The first-order chi connectivity index (χ1) is 14.2. The molecule has 2 N–H and O–H groups in total. The number of carbonyl (C=O) groups is 1. The van der Waals surface area contributed by atoms with E-state index in [1.807, 2.05) is 6.92 Å². The first-order valence-corrected chi connectivity index (χ1v) is 10.3. The van der Waals surface area contributed by atoms with Crippen molar-refractivity contribution in [1.29, 1.82) is 0 Å². The van der Waals surface area contributed by atoms with Crippen molar-refractivity contribution in [2.75, 3.05) is 13.1 Å². The number of hydrogen-bond donors (Lipinski definition) is 2. The molecule has 0 radical (unpaired) electrons. The summed E-state index contributed by atoms with van der Waals surface area (Å²) in [6.45, 7) is 1.42. The molecule has 0 unspecified atom stereocenters. The van der Waals surface area contributed by atoms with Gasteiger partial charge in [0.25, 0.3) is 5.69 Å². The number of amides is 1. The van der Waals surface area contributed by atoms with Crippen LogP contribution in [0.3, 0.4) is 0 Å². The molecule has 0 spiro atoms. The SMILES string of the molecule is Cc1ccc(S(=O)(=O)NCCNC(=O)Cn2c(=O)oc3cc([N+](=O)[O-])ccc32)cc1. The summed E-state index contributed by atoms with van der Waals surface area (Å²) in [5.74, 6) is -1.38. The largest absolute Gasteiger partial charge is 0.420 e. The van der Waals surface area contributed by atoms with E-state index in [4.69, 9.17) is 4.42 Å². The quantitative estimate of drug-likeness (QED) is 0.303. The Bertz CT molecular complexity index is 1260. The van der Waals surface area contributed by atoms with Crippen molar-refractivity contribution in [1.82, 2.24) is 14.6 Å². The van der Waals surface area contributed by atoms with Crippen molar-refractivity contribution in [3.63, 3.8) is 0 Å². The van der Waals surface area contributed by atoms with Crippen LogP contribution < -0.4 is 15.8 Å². The summed E-state index contributed by atoms with van der Waals surface area (Å²) < 4.78 is 32.7. The molecule has 0 saturated heterocycles. The number of carbonyl (C=O) groups excluding carboxylic acids is 1. The Morgan fingerprint density at radius 3 is 2.53 bits per heavy atom. The van der Waals surface area contributed by atoms with Gasteiger partial charge in [0.2, 0.25) is 15.9 Å². The minimum absolute atomic E-state index is 0.0000685. The van der Waals surface area contributed by atoms with E-state index in [9.17, 15) is 28.1 Å². The number of aromatic nitrogens is 1. The molecule has 0 saturated carbocycles. The van der Waals surface area contributed by atoms with E-state index in [1.165, 1.54) is 24.3 Å². The van der Waals surface area contributed by atoms with Crippen LogP contribution in [0.4, 0.5) is 5.69 Å². The van der Waals surface area contributed by atoms with Crippen LogP contribution in [0.1, 0.15) is 5.56 Å². The molecule has 158 valence electrons. The zero-order chi connectivity index (χ0) is 21.9. The minimum atomic E-state index is -3.70. The maximum Gasteiger partial charge on any atom is 0.420 e. The number of sulfonamides is 1. The highest BCUT2D eigenvalue weighted by atomic mass is 32.2. The third-order valence-electron chi connectivity index (χ3n) is 4.23. The van der Waals surface area contributed by atoms with Gasteiger partial charge in [0.15, 0.2) is 5.58 Å². The van der Waals surface area contributed by atoms with Gasteiger partial charge in [-0.25, -0.2) is 17.9 Å². The normalized spacial score (nSPS) is 11.5. The smallest absolute Gasteiger partial charge is 0.407 e. The van der Waals surface area contributed by atoms with E-state index < -0.39 is 26.6 Å². The van der Waals surface area contributed by atoms with Crippen molar-refractivity contribution in [2.45, 2.75) is 18.4 Å². The fourth-order valence-corrected chi connectivity index (χ4v) is 3.74. The average Bonchev–Trinajstić information content (AvgIpc) is 3.00. The van der Waals surface area contributed by atoms with Crippen LogP contribution in [-0.4, -0.2) is 36.9 Å².